The van der Waals surface area contributed by atoms with Gasteiger partial charge in [0.1, 0.15) is 0 Å². The van der Waals surface area contributed by atoms with Crippen LogP contribution in [0.2, 0.25) is 0 Å². The van der Waals surface area contributed by atoms with Crippen LogP contribution < -0.4 is 5.32 Å². The van der Waals surface area contributed by atoms with Gasteiger partial charge in [0.15, 0.2) is 9.84 Å². The average molecular weight is 538 g/mol. The number of hydrogen-bond donors (Lipinski definition) is 1. The lowest BCUT2D eigenvalue weighted by Gasteiger charge is -2.45. The Morgan fingerprint density at radius 1 is 1.00 bits per heavy atom. The van der Waals surface area contributed by atoms with Crippen molar-refractivity contribution in [1.29, 1.82) is 0 Å². The molecule has 3 heterocycles. The summed E-state index contributed by atoms with van der Waals surface area (Å²) in [6.07, 6.45) is 5.19. The van der Waals surface area contributed by atoms with Crippen LogP contribution >= 0.6 is 0 Å². The molecular weight excluding hydrogens is 494 g/mol. The van der Waals surface area contributed by atoms with Crippen LogP contribution in [0.5, 0.6) is 0 Å². The molecule has 3 atom stereocenters. The second-order valence-corrected chi connectivity index (χ2v) is 14.4. The van der Waals surface area contributed by atoms with E-state index in [0.717, 1.165) is 51.1 Å². The van der Waals surface area contributed by atoms with Crippen molar-refractivity contribution in [1.82, 2.24) is 15.1 Å². The van der Waals surface area contributed by atoms with Crippen molar-refractivity contribution in [2.45, 2.75) is 62.9 Å². The molecule has 7 heteroatoms. The number of rotatable bonds is 8. The van der Waals surface area contributed by atoms with E-state index >= 15 is 0 Å². The first-order valence-electron chi connectivity index (χ1n) is 14.2. The number of likely N-dealkylation sites (tertiary alicyclic amines) is 2. The molecule has 0 aromatic heterocycles. The van der Waals surface area contributed by atoms with E-state index in [1.807, 2.05) is 17.0 Å². The number of hydrogen-bond acceptors (Lipinski definition) is 5. The molecule has 2 aromatic rings. The fourth-order valence-corrected chi connectivity index (χ4v) is 7.73. The minimum absolute atomic E-state index is 0.0649. The Hall–Kier alpha value is -2.22. The van der Waals surface area contributed by atoms with Gasteiger partial charge in [0, 0.05) is 50.8 Å². The van der Waals surface area contributed by atoms with Gasteiger partial charge in [-0.2, -0.15) is 0 Å². The minimum atomic E-state index is -3.21. The molecule has 0 bridgehead atoms. The second kappa shape index (κ2) is 11.1. The smallest absolute Gasteiger partial charge is 0.223 e. The number of carbonyl (C=O) groups excluding carboxylic acids is 1. The Morgan fingerprint density at radius 2 is 1.68 bits per heavy atom. The highest BCUT2D eigenvalue weighted by molar-refractivity contribution is 7.90. The molecule has 3 aliphatic heterocycles. The van der Waals surface area contributed by atoms with Crippen LogP contribution in [-0.2, 0) is 21.2 Å². The van der Waals surface area contributed by atoms with Gasteiger partial charge in [-0.15, -0.1) is 0 Å². The number of benzene rings is 2. The first kappa shape index (κ1) is 27.4. The zero-order chi connectivity index (χ0) is 26.9. The number of nitrogens with zero attached hydrogens (tertiary/aromatic N) is 2. The van der Waals surface area contributed by atoms with Crippen molar-refractivity contribution in [3.63, 3.8) is 0 Å². The lowest BCUT2D eigenvalue weighted by atomic mass is 9.75. The van der Waals surface area contributed by atoms with Crippen molar-refractivity contribution in [2.75, 3.05) is 39.0 Å². The van der Waals surface area contributed by atoms with E-state index in [-0.39, 0.29) is 11.3 Å². The fraction of sp³-hybridized carbons (Fsp3) is 0.581. The fourth-order valence-electron chi connectivity index (χ4n) is 7.10. The van der Waals surface area contributed by atoms with Gasteiger partial charge in [0.2, 0.25) is 5.91 Å². The van der Waals surface area contributed by atoms with Crippen LogP contribution in [0, 0.1) is 17.3 Å². The topological polar surface area (TPSA) is 69.7 Å². The Balaban J connectivity index is 1.24. The Morgan fingerprint density at radius 3 is 2.32 bits per heavy atom. The predicted octanol–water partition coefficient (Wildman–Crippen LogP) is 4.32. The zero-order valence-electron chi connectivity index (χ0n) is 23.1. The lowest BCUT2D eigenvalue weighted by molar-refractivity contribution is -0.128. The highest BCUT2D eigenvalue weighted by Gasteiger charge is 2.47. The van der Waals surface area contributed by atoms with Crippen molar-refractivity contribution < 1.29 is 13.2 Å². The summed E-state index contributed by atoms with van der Waals surface area (Å²) in [5.74, 6) is 2.03. The van der Waals surface area contributed by atoms with Gasteiger partial charge in [-0.25, -0.2) is 8.42 Å². The largest absolute Gasteiger partial charge is 0.338 e. The maximum absolute atomic E-state index is 13.1. The summed E-state index contributed by atoms with van der Waals surface area (Å²) >= 11 is 0. The minimum Gasteiger partial charge on any atom is -0.338 e. The molecule has 6 nitrogen and oxygen atoms in total. The molecule has 5 rings (SSSR count). The molecule has 1 N–H and O–H groups in total. The van der Waals surface area contributed by atoms with Crippen LogP contribution in [0.3, 0.4) is 0 Å². The number of nitrogens with one attached hydrogen (secondary N) is 1. The van der Waals surface area contributed by atoms with Gasteiger partial charge in [-0.3, -0.25) is 9.69 Å². The maximum atomic E-state index is 13.1. The SMILES string of the molecule is CC(C)CC([C@@H]1CNC[C@@H]1c1ccccc1)N1CCC2(CC1)CC(=O)N(Cc1ccc(S(C)(=O)=O)cc1)C2. The lowest BCUT2D eigenvalue weighted by Crippen LogP contribution is -2.50. The molecule has 3 aliphatic rings. The van der Waals surface area contributed by atoms with Crippen LogP contribution in [0.1, 0.15) is 56.6 Å². The Labute approximate surface area is 228 Å². The van der Waals surface area contributed by atoms with Crippen LogP contribution in [0.4, 0.5) is 0 Å². The molecule has 206 valence electrons. The third-order valence-corrected chi connectivity index (χ3v) is 10.3. The first-order chi connectivity index (χ1) is 18.1. The van der Waals surface area contributed by atoms with Gasteiger partial charge >= 0.3 is 0 Å². The molecule has 0 radical (unpaired) electrons. The molecule has 1 amide bonds. The molecule has 0 saturated carbocycles. The number of amides is 1. The van der Waals surface area contributed by atoms with Crippen LogP contribution in [-0.4, -0.2) is 69.1 Å². The molecule has 3 saturated heterocycles. The molecule has 2 aromatic carbocycles. The van der Waals surface area contributed by atoms with Crippen molar-refractivity contribution in [2.24, 2.45) is 17.3 Å². The maximum Gasteiger partial charge on any atom is 0.223 e. The average Bonchev–Trinajstić information content (AvgIpc) is 3.48. The molecule has 38 heavy (non-hydrogen) atoms. The van der Waals surface area contributed by atoms with E-state index in [1.54, 1.807) is 12.1 Å². The van der Waals surface area contributed by atoms with E-state index in [1.165, 1.54) is 18.2 Å². The molecule has 3 fully saturated rings. The Kier molecular flexibility index (Phi) is 7.99. The van der Waals surface area contributed by atoms with Crippen LogP contribution in [0.25, 0.3) is 0 Å². The van der Waals surface area contributed by atoms with E-state index in [4.69, 9.17) is 0 Å². The van der Waals surface area contributed by atoms with E-state index < -0.39 is 9.84 Å². The standard InChI is InChI=1S/C31H43N3O3S/c1-23(2)17-29(28-20-32-19-27(28)25-7-5-4-6-8-25)33-15-13-31(14-16-33)18-30(35)34(22-31)21-24-9-11-26(12-10-24)38(3,36)37/h4-12,23,27-29,32H,13-22H2,1-3H3/t27-,28-,29?/m1/s1. The third kappa shape index (κ3) is 6.00. The summed E-state index contributed by atoms with van der Waals surface area (Å²) in [4.78, 5) is 18.1. The summed E-state index contributed by atoms with van der Waals surface area (Å²) in [6, 6.07) is 18.5. The summed E-state index contributed by atoms with van der Waals surface area (Å²) in [7, 11) is -3.21. The van der Waals surface area contributed by atoms with Gasteiger partial charge in [-0.1, -0.05) is 56.3 Å². The molecular formula is C31H43N3O3S. The highest BCUT2D eigenvalue weighted by atomic mass is 32.2. The summed E-state index contributed by atoms with van der Waals surface area (Å²) in [6.45, 7) is 10.3. The first-order valence-corrected chi connectivity index (χ1v) is 16.1. The van der Waals surface area contributed by atoms with Crippen molar-refractivity contribution >= 4 is 15.7 Å². The number of sulfone groups is 1. The third-order valence-electron chi connectivity index (χ3n) is 9.15. The van der Waals surface area contributed by atoms with E-state index in [0.29, 0.717) is 41.7 Å². The summed E-state index contributed by atoms with van der Waals surface area (Å²) in [5, 5.41) is 3.70. The Bertz CT molecular complexity index is 1200. The second-order valence-electron chi connectivity index (χ2n) is 12.4. The predicted molar refractivity (Wildman–Crippen MR) is 152 cm³/mol. The highest BCUT2D eigenvalue weighted by Crippen LogP contribution is 2.44. The zero-order valence-corrected chi connectivity index (χ0v) is 23.9. The summed E-state index contributed by atoms with van der Waals surface area (Å²) < 4.78 is 23.6. The van der Waals surface area contributed by atoms with Crippen LogP contribution in [0.15, 0.2) is 59.5 Å². The monoisotopic (exact) mass is 537 g/mol. The van der Waals surface area contributed by atoms with Gasteiger partial charge < -0.3 is 10.2 Å². The summed E-state index contributed by atoms with van der Waals surface area (Å²) in [5.41, 5.74) is 2.50. The molecule has 1 spiro atoms. The van der Waals surface area contributed by atoms with Gasteiger partial charge in [0.05, 0.1) is 4.90 Å². The van der Waals surface area contributed by atoms with E-state index in [2.05, 4.69) is 54.4 Å². The van der Waals surface area contributed by atoms with Gasteiger partial charge in [0.25, 0.3) is 0 Å². The van der Waals surface area contributed by atoms with Crippen molar-refractivity contribution in [3.05, 3.63) is 65.7 Å². The van der Waals surface area contributed by atoms with Gasteiger partial charge in [-0.05, 0) is 72.9 Å². The normalized spacial score (nSPS) is 24.9. The van der Waals surface area contributed by atoms with Crippen molar-refractivity contribution in [3.8, 4) is 0 Å². The van der Waals surface area contributed by atoms with E-state index in [9.17, 15) is 13.2 Å². The number of piperidine rings is 1. The quantitative estimate of drug-likeness (QED) is 0.543. The molecule has 0 aliphatic carbocycles. The molecule has 1 unspecified atom stereocenters. The number of carbonyl (C=O) groups is 1.